The van der Waals surface area contributed by atoms with Crippen LogP contribution in [0.2, 0.25) is 10.0 Å². The van der Waals surface area contributed by atoms with Gasteiger partial charge in [0.05, 0.1) is 29.3 Å². The molecule has 0 fully saturated rings. The van der Waals surface area contributed by atoms with E-state index in [1.165, 1.54) is 14.0 Å². The Hall–Kier alpha value is -2.24. The molecule has 2 aromatic carbocycles. The number of amides is 1. The molecule has 0 bridgehead atoms. The van der Waals surface area contributed by atoms with Gasteiger partial charge in [-0.3, -0.25) is 9.59 Å². The number of hydrogen-bond donors (Lipinski definition) is 1. The summed E-state index contributed by atoms with van der Waals surface area (Å²) in [4.78, 5) is 24.2. The van der Waals surface area contributed by atoms with Gasteiger partial charge in [-0.05, 0) is 36.8 Å². The average molecular weight is 382 g/mol. The van der Waals surface area contributed by atoms with E-state index in [0.29, 0.717) is 27.0 Å². The maximum absolute atomic E-state index is 12.2. The second kappa shape index (κ2) is 8.74. The second-order valence-electron chi connectivity index (χ2n) is 5.25. The van der Waals surface area contributed by atoms with Crippen LogP contribution in [-0.4, -0.2) is 25.1 Å². The summed E-state index contributed by atoms with van der Waals surface area (Å²) in [5.41, 5.74) is 1.15. The fraction of sp³-hybridized carbons (Fsp3) is 0.222. The lowest BCUT2D eigenvalue weighted by Crippen LogP contribution is -2.30. The SMILES string of the molecule is COc1ccccc1NC(=O)[C@H](C)OC(=O)Cc1ccc(Cl)c(Cl)c1. The van der Waals surface area contributed by atoms with Crippen molar-refractivity contribution < 1.29 is 19.1 Å². The summed E-state index contributed by atoms with van der Waals surface area (Å²) in [6, 6.07) is 11.8. The Morgan fingerprint density at radius 2 is 1.84 bits per heavy atom. The first-order valence-electron chi connectivity index (χ1n) is 7.48. The van der Waals surface area contributed by atoms with Gasteiger partial charge in [0.1, 0.15) is 5.75 Å². The molecule has 0 unspecified atom stereocenters. The normalized spacial score (nSPS) is 11.5. The molecule has 5 nitrogen and oxygen atoms in total. The quantitative estimate of drug-likeness (QED) is 0.764. The van der Waals surface area contributed by atoms with Gasteiger partial charge in [-0.2, -0.15) is 0 Å². The van der Waals surface area contributed by atoms with Crippen LogP contribution in [0.1, 0.15) is 12.5 Å². The van der Waals surface area contributed by atoms with Crippen molar-refractivity contribution in [3.63, 3.8) is 0 Å². The van der Waals surface area contributed by atoms with Crippen LogP contribution in [0.4, 0.5) is 5.69 Å². The smallest absolute Gasteiger partial charge is 0.311 e. The first-order chi connectivity index (χ1) is 11.9. The molecule has 0 radical (unpaired) electrons. The van der Waals surface area contributed by atoms with Crippen molar-refractivity contribution in [1.29, 1.82) is 0 Å². The molecule has 1 N–H and O–H groups in total. The Kier molecular flexibility index (Phi) is 6.67. The number of hydrogen-bond acceptors (Lipinski definition) is 4. The summed E-state index contributed by atoms with van der Waals surface area (Å²) in [7, 11) is 1.51. The topological polar surface area (TPSA) is 64.6 Å². The van der Waals surface area contributed by atoms with Gasteiger partial charge in [0.2, 0.25) is 0 Å². The molecule has 0 aliphatic carbocycles. The van der Waals surface area contributed by atoms with E-state index in [9.17, 15) is 9.59 Å². The molecule has 1 atom stereocenters. The van der Waals surface area contributed by atoms with Crippen LogP contribution in [0.15, 0.2) is 42.5 Å². The van der Waals surface area contributed by atoms with Crippen molar-refractivity contribution in [1.82, 2.24) is 0 Å². The van der Waals surface area contributed by atoms with E-state index in [1.54, 1.807) is 42.5 Å². The van der Waals surface area contributed by atoms with Gasteiger partial charge in [0.15, 0.2) is 6.10 Å². The van der Waals surface area contributed by atoms with Crippen molar-refractivity contribution in [2.45, 2.75) is 19.4 Å². The molecule has 132 valence electrons. The van der Waals surface area contributed by atoms with Crippen LogP contribution in [0.3, 0.4) is 0 Å². The Labute approximate surface area is 155 Å². The van der Waals surface area contributed by atoms with Gasteiger partial charge in [-0.1, -0.05) is 41.4 Å². The van der Waals surface area contributed by atoms with E-state index in [0.717, 1.165) is 0 Å². The third kappa shape index (κ3) is 5.37. The number of carbonyl (C=O) groups excluding carboxylic acids is 2. The van der Waals surface area contributed by atoms with E-state index in [2.05, 4.69) is 5.32 Å². The van der Waals surface area contributed by atoms with E-state index in [-0.39, 0.29) is 6.42 Å². The summed E-state index contributed by atoms with van der Waals surface area (Å²) in [5.74, 6) is -0.474. The highest BCUT2D eigenvalue weighted by atomic mass is 35.5. The number of halogens is 2. The zero-order chi connectivity index (χ0) is 18.4. The molecule has 0 saturated heterocycles. The Morgan fingerprint density at radius 1 is 1.12 bits per heavy atom. The highest BCUT2D eigenvalue weighted by Gasteiger charge is 2.19. The zero-order valence-electron chi connectivity index (χ0n) is 13.7. The molecule has 0 aliphatic heterocycles. The van der Waals surface area contributed by atoms with Crippen LogP contribution < -0.4 is 10.1 Å². The lowest BCUT2D eigenvalue weighted by molar-refractivity contribution is -0.152. The molecule has 1 amide bonds. The number of anilines is 1. The molecule has 2 aromatic rings. The number of carbonyl (C=O) groups is 2. The van der Waals surface area contributed by atoms with Crippen LogP contribution >= 0.6 is 23.2 Å². The van der Waals surface area contributed by atoms with Gasteiger partial charge in [-0.25, -0.2) is 0 Å². The highest BCUT2D eigenvalue weighted by Crippen LogP contribution is 2.24. The number of methoxy groups -OCH3 is 1. The Morgan fingerprint density at radius 3 is 2.52 bits per heavy atom. The predicted molar refractivity (Wildman–Crippen MR) is 97.3 cm³/mol. The molecule has 7 heteroatoms. The molecular weight excluding hydrogens is 365 g/mol. The van der Waals surface area contributed by atoms with E-state index < -0.39 is 18.0 Å². The molecule has 0 saturated carbocycles. The molecule has 0 aliphatic rings. The summed E-state index contributed by atoms with van der Waals surface area (Å²) in [6.45, 7) is 1.50. The average Bonchev–Trinajstić information content (AvgIpc) is 2.58. The van der Waals surface area contributed by atoms with Gasteiger partial charge in [0.25, 0.3) is 5.91 Å². The van der Waals surface area contributed by atoms with Crippen LogP contribution in [0.5, 0.6) is 5.75 Å². The zero-order valence-corrected chi connectivity index (χ0v) is 15.2. The standard InChI is InChI=1S/C18H17Cl2NO4/c1-11(18(23)21-15-5-3-4-6-16(15)24-2)25-17(22)10-12-7-8-13(19)14(20)9-12/h3-9,11H,10H2,1-2H3,(H,21,23)/t11-/m0/s1. The lowest BCUT2D eigenvalue weighted by Gasteiger charge is -2.15. The lowest BCUT2D eigenvalue weighted by atomic mass is 10.1. The third-order valence-corrected chi connectivity index (χ3v) is 4.11. The summed E-state index contributed by atoms with van der Waals surface area (Å²) in [6.07, 6.45) is -0.969. The number of ether oxygens (including phenoxy) is 2. The fourth-order valence-electron chi connectivity index (χ4n) is 2.09. The summed E-state index contributed by atoms with van der Waals surface area (Å²) < 4.78 is 10.3. The van der Waals surface area contributed by atoms with Crippen molar-refractivity contribution >= 4 is 40.8 Å². The number of benzene rings is 2. The van der Waals surface area contributed by atoms with E-state index in [4.69, 9.17) is 32.7 Å². The maximum atomic E-state index is 12.2. The van der Waals surface area contributed by atoms with Gasteiger partial charge in [-0.15, -0.1) is 0 Å². The first kappa shape index (κ1) is 19.1. The first-order valence-corrected chi connectivity index (χ1v) is 8.23. The minimum atomic E-state index is -0.958. The third-order valence-electron chi connectivity index (χ3n) is 3.37. The van der Waals surface area contributed by atoms with Crippen molar-refractivity contribution in [2.75, 3.05) is 12.4 Å². The van der Waals surface area contributed by atoms with Crippen LogP contribution in [0, 0.1) is 0 Å². The molecule has 0 heterocycles. The van der Waals surface area contributed by atoms with Crippen molar-refractivity contribution in [3.05, 3.63) is 58.1 Å². The predicted octanol–water partition coefficient (Wildman–Crippen LogP) is 4.11. The molecule has 2 rings (SSSR count). The minimum absolute atomic E-state index is 0.0107. The Balaban J connectivity index is 1.93. The molecule has 0 aromatic heterocycles. The van der Waals surface area contributed by atoms with Crippen molar-refractivity contribution in [2.24, 2.45) is 0 Å². The van der Waals surface area contributed by atoms with Crippen molar-refractivity contribution in [3.8, 4) is 5.75 Å². The maximum Gasteiger partial charge on any atom is 0.311 e. The van der Waals surface area contributed by atoms with Crippen LogP contribution in [0.25, 0.3) is 0 Å². The number of rotatable bonds is 6. The monoisotopic (exact) mass is 381 g/mol. The summed E-state index contributed by atoms with van der Waals surface area (Å²) in [5, 5.41) is 3.43. The van der Waals surface area contributed by atoms with Crippen LogP contribution in [-0.2, 0) is 20.7 Å². The fourth-order valence-corrected chi connectivity index (χ4v) is 2.41. The molecule has 25 heavy (non-hydrogen) atoms. The molecule has 0 spiro atoms. The van der Waals surface area contributed by atoms with Gasteiger partial charge in [0, 0.05) is 0 Å². The number of para-hydroxylation sites is 2. The van der Waals surface area contributed by atoms with E-state index in [1.807, 2.05) is 0 Å². The second-order valence-corrected chi connectivity index (χ2v) is 6.06. The van der Waals surface area contributed by atoms with Gasteiger partial charge < -0.3 is 14.8 Å². The highest BCUT2D eigenvalue weighted by molar-refractivity contribution is 6.42. The largest absolute Gasteiger partial charge is 0.495 e. The number of esters is 1. The minimum Gasteiger partial charge on any atom is -0.495 e. The number of nitrogens with one attached hydrogen (secondary N) is 1. The van der Waals surface area contributed by atoms with Gasteiger partial charge >= 0.3 is 5.97 Å². The van der Waals surface area contributed by atoms with E-state index >= 15 is 0 Å². The Bertz CT molecular complexity index is 779. The molecular formula is C18H17Cl2NO4. The summed E-state index contributed by atoms with van der Waals surface area (Å²) >= 11 is 11.7.